The Morgan fingerprint density at radius 2 is 1.80 bits per heavy atom. The minimum Gasteiger partial charge on any atom is -0.444 e. The number of carbonyl (C=O) groups is 2. The fourth-order valence-corrected chi connectivity index (χ4v) is 6.03. The molecule has 1 aliphatic carbocycles. The van der Waals surface area contributed by atoms with Gasteiger partial charge < -0.3 is 19.5 Å². The first kappa shape index (κ1) is 28.8. The van der Waals surface area contributed by atoms with Crippen molar-refractivity contribution in [1.29, 1.82) is 0 Å². The highest BCUT2D eigenvalue weighted by atomic mass is 19.1. The van der Waals surface area contributed by atoms with Crippen LogP contribution in [0.25, 0.3) is 10.8 Å². The molecule has 1 saturated carbocycles. The van der Waals surface area contributed by atoms with Gasteiger partial charge in [0.1, 0.15) is 17.2 Å². The Balaban J connectivity index is 1.54. The molecule has 1 N–H and O–H groups in total. The lowest BCUT2D eigenvalue weighted by atomic mass is 9.77. The van der Waals surface area contributed by atoms with Gasteiger partial charge in [-0.3, -0.25) is 9.59 Å². The van der Waals surface area contributed by atoms with Gasteiger partial charge in [0.25, 0.3) is 11.5 Å². The summed E-state index contributed by atoms with van der Waals surface area (Å²) in [6, 6.07) is 9.70. The molecule has 3 aromatic rings. The quantitative estimate of drug-likeness (QED) is 0.383. The van der Waals surface area contributed by atoms with E-state index in [2.05, 4.69) is 5.32 Å². The predicted octanol–water partition coefficient (Wildman–Crippen LogP) is 6.26. The molecule has 2 fully saturated rings. The summed E-state index contributed by atoms with van der Waals surface area (Å²) in [4.78, 5) is 42.2. The number of nitrogens with one attached hydrogen (secondary N) is 1. The summed E-state index contributed by atoms with van der Waals surface area (Å²) in [6.07, 6.45) is 3.75. The second-order valence-corrected chi connectivity index (χ2v) is 12.2. The fourth-order valence-electron chi connectivity index (χ4n) is 6.03. The number of aromatic nitrogens is 1. The van der Waals surface area contributed by atoms with Crippen LogP contribution in [0.2, 0.25) is 0 Å². The number of pyridine rings is 1. The lowest BCUT2D eigenvalue weighted by Crippen LogP contribution is -2.43. The van der Waals surface area contributed by atoms with Gasteiger partial charge in [-0.1, -0.05) is 30.7 Å². The largest absolute Gasteiger partial charge is 0.444 e. The zero-order valence-electron chi connectivity index (χ0n) is 24.0. The number of ether oxygens (including phenoxy) is 1. The monoisotopic (exact) mass is 565 g/mol. The molecule has 0 spiro atoms. The van der Waals surface area contributed by atoms with Crippen molar-refractivity contribution in [2.45, 2.75) is 84.0 Å². The highest BCUT2D eigenvalue weighted by Crippen LogP contribution is 2.38. The first-order valence-corrected chi connectivity index (χ1v) is 14.3. The number of amides is 2. The summed E-state index contributed by atoms with van der Waals surface area (Å²) in [7, 11) is 0. The maximum Gasteiger partial charge on any atom is 0.410 e. The molecule has 1 aliphatic heterocycles. The molecule has 2 aromatic carbocycles. The van der Waals surface area contributed by atoms with Crippen LogP contribution in [0.3, 0.4) is 0 Å². The van der Waals surface area contributed by atoms with E-state index >= 15 is 4.39 Å². The Hall–Kier alpha value is -3.75. The van der Waals surface area contributed by atoms with E-state index in [1.807, 2.05) is 0 Å². The van der Waals surface area contributed by atoms with Crippen LogP contribution >= 0.6 is 0 Å². The molecule has 9 heteroatoms. The Morgan fingerprint density at radius 1 is 1.07 bits per heavy atom. The van der Waals surface area contributed by atoms with E-state index in [0.29, 0.717) is 24.2 Å². The average Bonchev–Trinajstić information content (AvgIpc) is 3.32. The van der Waals surface area contributed by atoms with Crippen LogP contribution in [0.15, 0.2) is 47.3 Å². The average molecular weight is 566 g/mol. The van der Waals surface area contributed by atoms with Gasteiger partial charge in [-0.05, 0) is 83.1 Å². The third-order valence-electron chi connectivity index (χ3n) is 8.25. The van der Waals surface area contributed by atoms with Gasteiger partial charge in [-0.25, -0.2) is 13.6 Å². The topological polar surface area (TPSA) is 80.6 Å². The number of benzene rings is 2. The van der Waals surface area contributed by atoms with E-state index in [0.717, 1.165) is 25.7 Å². The molecule has 0 bridgehead atoms. The van der Waals surface area contributed by atoms with E-state index in [1.54, 1.807) is 50.8 Å². The van der Waals surface area contributed by atoms with Gasteiger partial charge in [0, 0.05) is 24.2 Å². The zero-order valence-corrected chi connectivity index (χ0v) is 24.0. The third kappa shape index (κ3) is 5.85. The van der Waals surface area contributed by atoms with Gasteiger partial charge >= 0.3 is 6.09 Å². The molecular formula is C32H37F2N3O4. The van der Waals surface area contributed by atoms with Gasteiger partial charge in [0.05, 0.1) is 23.0 Å². The zero-order chi connectivity index (χ0) is 29.5. The van der Waals surface area contributed by atoms with Crippen LogP contribution in [0.5, 0.6) is 0 Å². The molecule has 2 amide bonds. The Labute approximate surface area is 238 Å². The Morgan fingerprint density at radius 3 is 2.46 bits per heavy atom. The molecular weight excluding hydrogens is 528 g/mol. The number of likely N-dealkylation sites (tertiary alicyclic amines) is 1. The number of nitrogens with zero attached hydrogens (tertiary/aromatic N) is 2. The molecule has 0 radical (unpaired) electrons. The molecule has 2 aliphatic rings. The predicted molar refractivity (Wildman–Crippen MR) is 153 cm³/mol. The van der Waals surface area contributed by atoms with E-state index in [-0.39, 0.29) is 40.7 Å². The summed E-state index contributed by atoms with van der Waals surface area (Å²) in [5.74, 6) is -1.41. The maximum atomic E-state index is 15.2. The lowest BCUT2D eigenvalue weighted by Gasteiger charge is -2.35. The number of rotatable bonds is 6. The molecule has 1 aromatic heterocycles. The van der Waals surface area contributed by atoms with Gasteiger partial charge in [0.2, 0.25) is 0 Å². The highest BCUT2D eigenvalue weighted by Gasteiger charge is 2.35. The van der Waals surface area contributed by atoms with E-state index in [9.17, 15) is 18.8 Å². The van der Waals surface area contributed by atoms with Crippen molar-refractivity contribution in [3.63, 3.8) is 0 Å². The minimum atomic E-state index is -0.716. The summed E-state index contributed by atoms with van der Waals surface area (Å²) >= 11 is 0. The fraction of sp³-hybridized carbons (Fsp3) is 0.469. The van der Waals surface area contributed by atoms with E-state index in [1.165, 1.54) is 28.8 Å². The van der Waals surface area contributed by atoms with Crippen molar-refractivity contribution in [2.75, 3.05) is 6.54 Å². The van der Waals surface area contributed by atoms with Crippen LogP contribution in [0.4, 0.5) is 13.6 Å². The Kier molecular flexibility index (Phi) is 7.90. The molecule has 1 saturated heterocycles. The molecule has 7 nitrogen and oxygen atoms in total. The maximum absolute atomic E-state index is 15.2. The molecule has 41 heavy (non-hydrogen) atoms. The summed E-state index contributed by atoms with van der Waals surface area (Å²) in [5, 5.41) is 3.15. The number of hydrogen-bond acceptors (Lipinski definition) is 4. The summed E-state index contributed by atoms with van der Waals surface area (Å²) in [5.41, 5.74) is 0.0228. The number of carbonyl (C=O) groups excluding carboxylic acids is 2. The van der Waals surface area contributed by atoms with Gasteiger partial charge in [-0.15, -0.1) is 0 Å². The minimum absolute atomic E-state index is 0.102. The molecule has 2 atom stereocenters. The molecule has 2 heterocycles. The standard InChI is InChI=1S/C32H37F2N3O4/c1-19-26(29(38)35-28(20-9-5-10-20)21-11-6-12-22(33)17-21)24-14-7-15-25(34)27(24)30(39)37(19)18-23-13-8-16-36(23)31(40)41-32(2,3)4/h6-7,11-12,14-15,17,20,23,28H,5,8-10,13,16,18H2,1-4H3,(H,35,38)/t23-,28-/m0/s1. The van der Waals surface area contributed by atoms with Crippen molar-refractivity contribution < 1.29 is 23.1 Å². The van der Waals surface area contributed by atoms with E-state index in [4.69, 9.17) is 4.74 Å². The third-order valence-corrected chi connectivity index (χ3v) is 8.25. The molecule has 218 valence electrons. The number of halogens is 2. The van der Waals surface area contributed by atoms with Crippen molar-refractivity contribution in [1.82, 2.24) is 14.8 Å². The summed E-state index contributed by atoms with van der Waals surface area (Å²) in [6.45, 7) is 7.64. The van der Waals surface area contributed by atoms with E-state index < -0.39 is 35.0 Å². The van der Waals surface area contributed by atoms with Crippen LogP contribution in [0, 0.1) is 24.5 Å². The van der Waals surface area contributed by atoms with Crippen molar-refractivity contribution in [3.05, 3.63) is 81.3 Å². The molecule has 5 rings (SSSR count). The van der Waals surface area contributed by atoms with Crippen LogP contribution in [0.1, 0.15) is 80.5 Å². The van der Waals surface area contributed by atoms with Crippen molar-refractivity contribution >= 4 is 22.8 Å². The number of hydrogen-bond donors (Lipinski definition) is 1. The Bertz CT molecular complexity index is 1540. The second kappa shape index (κ2) is 11.3. The first-order chi connectivity index (χ1) is 19.4. The van der Waals surface area contributed by atoms with Crippen LogP contribution < -0.4 is 10.9 Å². The van der Waals surface area contributed by atoms with Gasteiger partial charge in [0.15, 0.2) is 0 Å². The van der Waals surface area contributed by atoms with Crippen LogP contribution in [-0.4, -0.2) is 39.7 Å². The smallest absolute Gasteiger partial charge is 0.410 e. The number of fused-ring (bicyclic) bond motifs is 1. The first-order valence-electron chi connectivity index (χ1n) is 14.3. The van der Waals surface area contributed by atoms with Gasteiger partial charge in [-0.2, -0.15) is 0 Å². The van der Waals surface area contributed by atoms with Crippen LogP contribution in [-0.2, 0) is 11.3 Å². The van der Waals surface area contributed by atoms with Crippen molar-refractivity contribution in [3.8, 4) is 0 Å². The lowest BCUT2D eigenvalue weighted by molar-refractivity contribution is 0.0212. The second-order valence-electron chi connectivity index (χ2n) is 12.2. The normalized spacial score (nSPS) is 18.3. The summed E-state index contributed by atoms with van der Waals surface area (Å²) < 4.78 is 36.3. The highest BCUT2D eigenvalue weighted by molar-refractivity contribution is 6.08. The van der Waals surface area contributed by atoms with Crippen molar-refractivity contribution in [2.24, 2.45) is 5.92 Å². The SMILES string of the molecule is Cc1c(C(=O)N[C@H](c2cccc(F)c2)C2CCC2)c2cccc(F)c2c(=O)n1C[C@@H]1CCCN1C(=O)OC(C)(C)C. The molecule has 0 unspecified atom stereocenters.